The summed E-state index contributed by atoms with van der Waals surface area (Å²) < 4.78 is 18.8. The number of benzene rings is 1. The molecule has 1 unspecified atom stereocenters. The zero-order valence-corrected chi connectivity index (χ0v) is 12.2. The molecule has 5 heteroatoms. The molecule has 4 nitrogen and oxygen atoms in total. The molecule has 0 bridgehead atoms. The summed E-state index contributed by atoms with van der Waals surface area (Å²) in [6.45, 7) is 3.03. The van der Waals surface area contributed by atoms with Crippen molar-refractivity contribution in [3.8, 4) is 0 Å². The second kappa shape index (κ2) is 8.44. The van der Waals surface area contributed by atoms with Crippen LogP contribution in [0.3, 0.4) is 0 Å². The highest BCUT2D eigenvalue weighted by Crippen LogP contribution is 2.19. The molecule has 1 heterocycles. The lowest BCUT2D eigenvalue weighted by molar-refractivity contribution is -0.00651. The first kappa shape index (κ1) is 16.4. The summed E-state index contributed by atoms with van der Waals surface area (Å²) in [5.41, 5.74) is 0.622. The lowest BCUT2D eigenvalue weighted by Gasteiger charge is -2.33. The van der Waals surface area contributed by atoms with E-state index in [2.05, 4.69) is 4.90 Å². The van der Waals surface area contributed by atoms with Gasteiger partial charge in [0.15, 0.2) is 0 Å². The Bertz CT molecular complexity index is 422. The van der Waals surface area contributed by atoms with Crippen LogP contribution in [0.15, 0.2) is 24.3 Å². The molecule has 0 radical (unpaired) electrons. The highest BCUT2D eigenvalue weighted by Gasteiger charge is 2.22. The third-order valence-corrected chi connectivity index (χ3v) is 3.86. The second-order valence-electron chi connectivity index (χ2n) is 5.52. The Balaban J connectivity index is 1.73. The van der Waals surface area contributed by atoms with Gasteiger partial charge in [-0.05, 0) is 37.0 Å². The predicted molar refractivity (Wildman–Crippen MR) is 78.5 cm³/mol. The predicted octanol–water partition coefficient (Wildman–Crippen LogP) is 1.72. The van der Waals surface area contributed by atoms with Crippen LogP contribution in [0.1, 0.15) is 30.9 Å². The Labute approximate surface area is 125 Å². The van der Waals surface area contributed by atoms with Gasteiger partial charge in [-0.1, -0.05) is 12.1 Å². The summed E-state index contributed by atoms with van der Waals surface area (Å²) in [5.74, 6) is -0.317. The van der Waals surface area contributed by atoms with Gasteiger partial charge in [0.1, 0.15) is 5.82 Å². The van der Waals surface area contributed by atoms with Crippen molar-refractivity contribution < 1.29 is 19.3 Å². The molecule has 2 N–H and O–H groups in total. The summed E-state index contributed by atoms with van der Waals surface area (Å²) >= 11 is 0. The van der Waals surface area contributed by atoms with Crippen molar-refractivity contribution in [2.24, 2.45) is 0 Å². The van der Waals surface area contributed by atoms with Crippen LogP contribution in [0.4, 0.5) is 4.39 Å². The Morgan fingerprint density at radius 1 is 1.33 bits per heavy atom. The molecule has 1 aromatic carbocycles. The van der Waals surface area contributed by atoms with Crippen LogP contribution in [-0.4, -0.2) is 54.1 Å². The largest absolute Gasteiger partial charge is 0.396 e. The van der Waals surface area contributed by atoms with Crippen molar-refractivity contribution in [3.05, 3.63) is 35.6 Å². The average molecular weight is 297 g/mol. The number of likely N-dealkylation sites (tertiary alicyclic amines) is 1. The quantitative estimate of drug-likeness (QED) is 0.753. The lowest BCUT2D eigenvalue weighted by Crippen LogP contribution is -2.39. The monoisotopic (exact) mass is 297 g/mol. The molecular weight excluding hydrogens is 273 g/mol. The van der Waals surface area contributed by atoms with E-state index in [-0.39, 0.29) is 18.5 Å². The first-order chi connectivity index (χ1) is 10.2. The minimum Gasteiger partial charge on any atom is -0.396 e. The number of hydrogen-bond donors (Lipinski definition) is 2. The van der Waals surface area contributed by atoms with E-state index in [4.69, 9.17) is 9.84 Å². The molecule has 1 aliphatic heterocycles. The zero-order valence-electron chi connectivity index (χ0n) is 12.2. The van der Waals surface area contributed by atoms with Crippen LogP contribution in [0.25, 0.3) is 0 Å². The van der Waals surface area contributed by atoms with Crippen molar-refractivity contribution >= 4 is 0 Å². The number of aliphatic hydroxyl groups is 2. The van der Waals surface area contributed by atoms with E-state index >= 15 is 0 Å². The third kappa shape index (κ3) is 5.36. The van der Waals surface area contributed by atoms with E-state index in [1.165, 1.54) is 12.1 Å². The standard InChI is InChI=1S/C16H24FNO3/c17-14-4-1-3-13(11-14)16(20)12-18-7-5-15(6-8-18)21-10-2-9-19/h1,3-4,11,15-16,19-20H,2,5-10,12H2. The molecule has 1 saturated heterocycles. The fourth-order valence-electron chi connectivity index (χ4n) is 2.64. The molecule has 1 aliphatic rings. The number of halogens is 1. The molecule has 118 valence electrons. The minimum atomic E-state index is -0.660. The molecule has 0 amide bonds. The number of piperidine rings is 1. The Hall–Kier alpha value is -1.01. The van der Waals surface area contributed by atoms with Gasteiger partial charge in [0.25, 0.3) is 0 Å². The fraction of sp³-hybridized carbons (Fsp3) is 0.625. The maximum atomic E-state index is 13.1. The van der Waals surface area contributed by atoms with Crippen LogP contribution in [-0.2, 0) is 4.74 Å². The second-order valence-corrected chi connectivity index (χ2v) is 5.52. The molecule has 1 aromatic rings. The number of ether oxygens (including phenoxy) is 1. The molecule has 0 aromatic heterocycles. The SMILES string of the molecule is OCCCOC1CCN(CC(O)c2cccc(F)c2)CC1. The first-order valence-electron chi connectivity index (χ1n) is 7.57. The summed E-state index contributed by atoms with van der Waals surface area (Å²) in [7, 11) is 0. The molecular formula is C16H24FNO3. The van der Waals surface area contributed by atoms with Gasteiger partial charge in [0, 0.05) is 32.8 Å². The molecule has 0 spiro atoms. The van der Waals surface area contributed by atoms with Crippen LogP contribution in [0.2, 0.25) is 0 Å². The summed E-state index contributed by atoms with van der Waals surface area (Å²) in [6, 6.07) is 6.13. The molecule has 2 rings (SSSR count). The van der Waals surface area contributed by atoms with Gasteiger partial charge < -0.3 is 19.8 Å². The fourth-order valence-corrected chi connectivity index (χ4v) is 2.64. The van der Waals surface area contributed by atoms with Gasteiger partial charge in [0.05, 0.1) is 12.2 Å². The highest BCUT2D eigenvalue weighted by molar-refractivity contribution is 5.19. The first-order valence-corrected chi connectivity index (χ1v) is 7.57. The smallest absolute Gasteiger partial charge is 0.123 e. The van der Waals surface area contributed by atoms with E-state index in [1.807, 2.05) is 0 Å². The number of aliphatic hydroxyl groups excluding tert-OH is 2. The zero-order chi connectivity index (χ0) is 15.1. The topological polar surface area (TPSA) is 52.9 Å². The van der Waals surface area contributed by atoms with E-state index < -0.39 is 6.10 Å². The maximum absolute atomic E-state index is 13.1. The third-order valence-electron chi connectivity index (χ3n) is 3.86. The lowest BCUT2D eigenvalue weighted by atomic mass is 10.0. The Kier molecular flexibility index (Phi) is 6.57. The van der Waals surface area contributed by atoms with Gasteiger partial charge in [0.2, 0.25) is 0 Å². The van der Waals surface area contributed by atoms with E-state index in [1.54, 1.807) is 12.1 Å². The molecule has 1 fully saturated rings. The number of rotatable bonds is 7. The Morgan fingerprint density at radius 2 is 2.10 bits per heavy atom. The van der Waals surface area contributed by atoms with Gasteiger partial charge >= 0.3 is 0 Å². The minimum absolute atomic E-state index is 0.165. The average Bonchev–Trinajstić information content (AvgIpc) is 2.49. The summed E-state index contributed by atoms with van der Waals surface area (Å²) in [5, 5.41) is 18.9. The number of nitrogens with zero attached hydrogens (tertiary/aromatic N) is 1. The molecule has 21 heavy (non-hydrogen) atoms. The Morgan fingerprint density at radius 3 is 2.76 bits per heavy atom. The van der Waals surface area contributed by atoms with Crippen molar-refractivity contribution in [2.45, 2.75) is 31.5 Å². The normalized spacial score (nSPS) is 18.8. The number of hydrogen-bond acceptors (Lipinski definition) is 4. The molecule has 0 saturated carbocycles. The van der Waals surface area contributed by atoms with Crippen molar-refractivity contribution in [1.82, 2.24) is 4.90 Å². The number of β-amino-alcohol motifs (C(OH)–C–C–N with tert-alkyl or cyclic N) is 1. The molecule has 1 atom stereocenters. The van der Waals surface area contributed by atoms with Gasteiger partial charge in [-0.2, -0.15) is 0 Å². The van der Waals surface area contributed by atoms with Crippen LogP contribution in [0.5, 0.6) is 0 Å². The van der Waals surface area contributed by atoms with Gasteiger partial charge in [-0.3, -0.25) is 0 Å². The molecule has 0 aliphatic carbocycles. The van der Waals surface area contributed by atoms with E-state index in [9.17, 15) is 9.50 Å². The summed E-state index contributed by atoms with van der Waals surface area (Å²) in [6.07, 6.45) is 2.13. The maximum Gasteiger partial charge on any atom is 0.123 e. The van der Waals surface area contributed by atoms with E-state index in [0.29, 0.717) is 25.1 Å². The van der Waals surface area contributed by atoms with Crippen molar-refractivity contribution in [1.29, 1.82) is 0 Å². The van der Waals surface area contributed by atoms with Gasteiger partial charge in [-0.25, -0.2) is 4.39 Å². The van der Waals surface area contributed by atoms with E-state index in [0.717, 1.165) is 25.9 Å². The van der Waals surface area contributed by atoms with Gasteiger partial charge in [-0.15, -0.1) is 0 Å². The van der Waals surface area contributed by atoms with Crippen molar-refractivity contribution in [3.63, 3.8) is 0 Å². The van der Waals surface area contributed by atoms with Crippen molar-refractivity contribution in [2.75, 3.05) is 32.8 Å². The summed E-state index contributed by atoms with van der Waals surface area (Å²) in [4.78, 5) is 2.18. The van der Waals surface area contributed by atoms with Crippen LogP contribution < -0.4 is 0 Å². The van der Waals surface area contributed by atoms with Crippen LogP contribution >= 0.6 is 0 Å². The van der Waals surface area contributed by atoms with Crippen LogP contribution in [0, 0.1) is 5.82 Å². The highest BCUT2D eigenvalue weighted by atomic mass is 19.1.